The number of amides is 2. The predicted octanol–water partition coefficient (Wildman–Crippen LogP) is 3.38. The van der Waals surface area contributed by atoms with Crippen LogP contribution in [0.1, 0.15) is 12.5 Å². The number of para-hydroxylation sites is 3. The van der Waals surface area contributed by atoms with Crippen LogP contribution in [0, 0.1) is 0 Å². The van der Waals surface area contributed by atoms with Gasteiger partial charge in [0, 0.05) is 5.56 Å². The van der Waals surface area contributed by atoms with E-state index in [1.165, 1.54) is 16.9 Å². The number of hydrogen-bond donors (Lipinski definition) is 0. The molecule has 0 bridgehead atoms. The summed E-state index contributed by atoms with van der Waals surface area (Å²) in [6.07, 6.45) is 0. The van der Waals surface area contributed by atoms with Gasteiger partial charge in [-0.2, -0.15) is 0 Å². The summed E-state index contributed by atoms with van der Waals surface area (Å²) in [6, 6.07) is 14.1. The Kier molecular flexibility index (Phi) is 5.79. The summed E-state index contributed by atoms with van der Waals surface area (Å²) < 4.78 is 10.7. The van der Waals surface area contributed by atoms with Crippen molar-refractivity contribution < 1.29 is 23.9 Å². The maximum Gasteiger partial charge on any atom is 0.326 e. The predicted molar refractivity (Wildman–Crippen MR) is 123 cm³/mol. The quantitative estimate of drug-likeness (QED) is 0.389. The van der Waals surface area contributed by atoms with Gasteiger partial charge in [0.05, 0.1) is 35.6 Å². The first-order valence-electron chi connectivity index (χ1n) is 9.48. The largest absolute Gasteiger partial charge is 0.495 e. The molecule has 1 fully saturated rings. The van der Waals surface area contributed by atoms with Crippen LogP contribution in [-0.2, 0) is 19.1 Å². The molecule has 0 saturated carbocycles. The Balaban J connectivity index is 1.78. The molecule has 0 N–H and O–H groups in total. The van der Waals surface area contributed by atoms with E-state index in [9.17, 15) is 14.4 Å². The first-order chi connectivity index (χ1) is 15.0. The van der Waals surface area contributed by atoms with E-state index < -0.39 is 17.8 Å². The Morgan fingerprint density at radius 2 is 1.71 bits per heavy atom. The van der Waals surface area contributed by atoms with Crippen LogP contribution in [0.4, 0.5) is 11.4 Å². The van der Waals surface area contributed by atoms with Gasteiger partial charge in [0.1, 0.15) is 12.3 Å². The van der Waals surface area contributed by atoms with Gasteiger partial charge in [-0.25, -0.2) is 0 Å². The summed E-state index contributed by atoms with van der Waals surface area (Å²) in [5.41, 5.74) is 1.87. The number of anilines is 2. The van der Waals surface area contributed by atoms with Gasteiger partial charge in [0.2, 0.25) is 0 Å². The fourth-order valence-corrected chi connectivity index (χ4v) is 4.89. The summed E-state index contributed by atoms with van der Waals surface area (Å²) in [5.74, 6) is -0.869. The van der Waals surface area contributed by atoms with Gasteiger partial charge in [-0.05, 0) is 25.1 Å². The molecule has 0 spiro atoms. The number of methoxy groups -OCH3 is 1. The van der Waals surface area contributed by atoms with Gasteiger partial charge < -0.3 is 9.47 Å². The van der Waals surface area contributed by atoms with Crippen molar-refractivity contribution in [2.75, 3.05) is 30.1 Å². The lowest BCUT2D eigenvalue weighted by molar-refractivity contribution is -0.142. The molecular formula is C22H18N2O5S2. The molecule has 2 aromatic carbocycles. The number of thioether (sulfide) groups is 1. The van der Waals surface area contributed by atoms with Crippen molar-refractivity contribution in [1.29, 1.82) is 0 Å². The number of hydrogen-bond acceptors (Lipinski definition) is 7. The molecule has 2 aliphatic rings. The number of nitrogens with zero attached hydrogens (tertiary/aromatic N) is 2. The van der Waals surface area contributed by atoms with E-state index in [-0.39, 0.29) is 23.6 Å². The number of fused-ring (bicyclic) bond motifs is 1. The molecule has 0 atom stereocenters. The summed E-state index contributed by atoms with van der Waals surface area (Å²) in [5, 5.41) is 0. The third kappa shape index (κ3) is 3.60. The Bertz CT molecular complexity index is 1140. The van der Waals surface area contributed by atoms with Crippen LogP contribution >= 0.6 is 24.0 Å². The lowest BCUT2D eigenvalue weighted by Crippen LogP contribution is -2.34. The van der Waals surface area contributed by atoms with Crippen LogP contribution in [0.3, 0.4) is 0 Å². The molecule has 7 nitrogen and oxygen atoms in total. The smallest absolute Gasteiger partial charge is 0.326 e. The third-order valence-corrected chi connectivity index (χ3v) is 6.21. The molecule has 2 amide bonds. The van der Waals surface area contributed by atoms with Crippen molar-refractivity contribution in [1.82, 2.24) is 0 Å². The lowest BCUT2D eigenvalue weighted by atomic mass is 10.1. The fraction of sp³-hybridized carbons (Fsp3) is 0.182. The highest BCUT2D eigenvalue weighted by molar-refractivity contribution is 8.27. The Labute approximate surface area is 188 Å². The molecule has 2 heterocycles. The van der Waals surface area contributed by atoms with Crippen LogP contribution in [0.5, 0.6) is 5.75 Å². The minimum atomic E-state index is -0.520. The van der Waals surface area contributed by atoms with Crippen molar-refractivity contribution in [3.05, 3.63) is 59.0 Å². The summed E-state index contributed by atoms with van der Waals surface area (Å²) >= 11 is 6.53. The molecule has 0 aliphatic carbocycles. The summed E-state index contributed by atoms with van der Waals surface area (Å²) in [4.78, 5) is 41.7. The highest BCUT2D eigenvalue weighted by atomic mass is 32.2. The Hall–Kier alpha value is -3.17. The van der Waals surface area contributed by atoms with Crippen LogP contribution in [0.2, 0.25) is 0 Å². The molecule has 2 aliphatic heterocycles. The van der Waals surface area contributed by atoms with Gasteiger partial charge in [-0.3, -0.25) is 24.2 Å². The van der Waals surface area contributed by atoms with Crippen molar-refractivity contribution in [2.24, 2.45) is 0 Å². The van der Waals surface area contributed by atoms with E-state index in [2.05, 4.69) is 0 Å². The zero-order valence-electron chi connectivity index (χ0n) is 16.8. The second-order valence-corrected chi connectivity index (χ2v) is 8.24. The van der Waals surface area contributed by atoms with E-state index in [1.54, 1.807) is 55.5 Å². The van der Waals surface area contributed by atoms with E-state index in [4.69, 9.17) is 21.7 Å². The average Bonchev–Trinajstić information content (AvgIpc) is 3.20. The maximum atomic E-state index is 13.4. The van der Waals surface area contributed by atoms with Crippen molar-refractivity contribution in [3.63, 3.8) is 0 Å². The van der Waals surface area contributed by atoms with Crippen LogP contribution < -0.4 is 14.5 Å². The minimum Gasteiger partial charge on any atom is -0.495 e. The van der Waals surface area contributed by atoms with Crippen LogP contribution in [0.15, 0.2) is 53.4 Å². The molecular weight excluding hydrogens is 436 g/mol. The van der Waals surface area contributed by atoms with Gasteiger partial charge in [0.15, 0.2) is 4.32 Å². The maximum absolute atomic E-state index is 13.4. The number of ether oxygens (including phenoxy) is 2. The number of rotatable bonds is 5. The van der Waals surface area contributed by atoms with Crippen LogP contribution in [0.25, 0.3) is 5.57 Å². The Morgan fingerprint density at radius 1 is 1.03 bits per heavy atom. The first-order valence-corrected chi connectivity index (χ1v) is 10.7. The topological polar surface area (TPSA) is 76.2 Å². The highest BCUT2D eigenvalue weighted by Gasteiger charge is 2.43. The second kappa shape index (κ2) is 8.52. The number of esters is 1. The molecule has 0 radical (unpaired) electrons. The third-order valence-electron chi connectivity index (χ3n) is 4.84. The standard InChI is InChI=1S/C22H18N2O5S2/c1-3-29-17(25)12-23-14-9-5-4-8-13(14)18(20(23)26)19-21(27)24(22(30)31-19)15-10-6-7-11-16(15)28-2/h4-11H,3,12H2,1-2H3. The molecule has 1 saturated heterocycles. The Morgan fingerprint density at radius 3 is 2.42 bits per heavy atom. The van der Waals surface area contributed by atoms with Crippen molar-refractivity contribution >= 4 is 63.0 Å². The number of thiocarbonyl (C=S) groups is 1. The van der Waals surface area contributed by atoms with E-state index >= 15 is 0 Å². The van der Waals surface area contributed by atoms with Crippen molar-refractivity contribution in [3.8, 4) is 5.75 Å². The van der Waals surface area contributed by atoms with E-state index in [0.29, 0.717) is 27.0 Å². The van der Waals surface area contributed by atoms with Gasteiger partial charge in [-0.15, -0.1) is 0 Å². The molecule has 31 heavy (non-hydrogen) atoms. The average molecular weight is 455 g/mol. The zero-order chi connectivity index (χ0) is 22.1. The number of benzene rings is 2. The molecule has 158 valence electrons. The zero-order valence-corrected chi connectivity index (χ0v) is 18.4. The minimum absolute atomic E-state index is 0.215. The van der Waals surface area contributed by atoms with Gasteiger partial charge in [-0.1, -0.05) is 54.3 Å². The fourth-order valence-electron chi connectivity index (χ4n) is 3.53. The molecule has 0 unspecified atom stereocenters. The number of carbonyl (C=O) groups excluding carboxylic acids is 3. The van der Waals surface area contributed by atoms with E-state index in [1.807, 2.05) is 0 Å². The van der Waals surface area contributed by atoms with Crippen molar-refractivity contribution in [2.45, 2.75) is 6.92 Å². The monoisotopic (exact) mass is 454 g/mol. The lowest BCUT2D eigenvalue weighted by Gasteiger charge is -2.17. The molecule has 0 aromatic heterocycles. The molecule has 9 heteroatoms. The molecule has 2 aromatic rings. The molecule has 4 rings (SSSR count). The van der Waals surface area contributed by atoms with Gasteiger partial charge in [0.25, 0.3) is 11.8 Å². The highest BCUT2D eigenvalue weighted by Crippen LogP contribution is 2.46. The second-order valence-electron chi connectivity index (χ2n) is 6.60. The summed E-state index contributed by atoms with van der Waals surface area (Å²) in [7, 11) is 1.51. The SMILES string of the molecule is CCOC(=O)CN1C(=O)C(=C2SC(=S)N(c3ccccc3OC)C2=O)c2ccccc21. The summed E-state index contributed by atoms with van der Waals surface area (Å²) in [6.45, 7) is 1.68. The number of carbonyl (C=O) groups is 3. The first kappa shape index (κ1) is 21.1. The van der Waals surface area contributed by atoms with Crippen LogP contribution in [-0.4, -0.2) is 42.4 Å². The van der Waals surface area contributed by atoms with E-state index in [0.717, 1.165) is 11.8 Å². The normalized spacial score (nSPS) is 17.9. The van der Waals surface area contributed by atoms with Gasteiger partial charge >= 0.3 is 5.97 Å².